The van der Waals surface area contributed by atoms with Crippen molar-refractivity contribution in [2.24, 2.45) is 0 Å². The van der Waals surface area contributed by atoms with Crippen LogP contribution in [0.15, 0.2) is 22.9 Å². The Morgan fingerprint density at radius 2 is 2.09 bits per heavy atom. The largest absolute Gasteiger partial charge is 0.370 e. The number of carbonyl (C=O) groups excluding carboxylic acids is 1. The molecule has 1 heterocycles. The quantitative estimate of drug-likeness (QED) is 0.442. The standard InChI is InChI=1S/C18H28ClNO3/c1-2-8-16(20-23-12-7-11-19)15-14-22-18(13-17(15)21)9-5-3-4-6-10-18/h7,11,20H,2-6,8-10,12-14H2,1H3. The molecule has 4 nitrogen and oxygen atoms in total. The Morgan fingerprint density at radius 3 is 2.70 bits per heavy atom. The van der Waals surface area contributed by atoms with Gasteiger partial charge in [-0.1, -0.05) is 50.6 Å². The van der Waals surface area contributed by atoms with Crippen molar-refractivity contribution in [3.05, 3.63) is 22.9 Å². The fraction of sp³-hybridized carbons (Fsp3) is 0.722. The van der Waals surface area contributed by atoms with Crippen LogP contribution in [0.1, 0.15) is 64.7 Å². The predicted octanol–water partition coefficient (Wildman–Crippen LogP) is 4.40. The molecule has 130 valence electrons. The van der Waals surface area contributed by atoms with Gasteiger partial charge in [-0.05, 0) is 25.3 Å². The Balaban J connectivity index is 2.03. The van der Waals surface area contributed by atoms with Gasteiger partial charge in [-0.25, -0.2) is 0 Å². The van der Waals surface area contributed by atoms with Crippen LogP contribution in [0, 0.1) is 0 Å². The highest BCUT2D eigenvalue weighted by atomic mass is 35.5. The van der Waals surface area contributed by atoms with E-state index < -0.39 is 0 Å². The van der Waals surface area contributed by atoms with Crippen molar-refractivity contribution in [2.75, 3.05) is 13.2 Å². The van der Waals surface area contributed by atoms with Crippen molar-refractivity contribution < 1.29 is 14.4 Å². The molecule has 0 atom stereocenters. The maximum Gasteiger partial charge on any atom is 0.165 e. The van der Waals surface area contributed by atoms with Crippen molar-refractivity contribution in [1.29, 1.82) is 0 Å². The number of carbonyl (C=O) groups is 1. The van der Waals surface area contributed by atoms with Gasteiger partial charge in [0, 0.05) is 23.2 Å². The molecule has 2 fully saturated rings. The van der Waals surface area contributed by atoms with Crippen LogP contribution in [0.4, 0.5) is 0 Å². The summed E-state index contributed by atoms with van der Waals surface area (Å²) in [5.41, 5.74) is 5.73. The highest BCUT2D eigenvalue weighted by Gasteiger charge is 2.39. The van der Waals surface area contributed by atoms with Crippen LogP contribution in [0.3, 0.4) is 0 Å². The lowest BCUT2D eigenvalue weighted by Gasteiger charge is -2.37. The number of halogens is 1. The molecule has 0 amide bonds. The van der Waals surface area contributed by atoms with Gasteiger partial charge in [0.15, 0.2) is 5.78 Å². The SMILES string of the molecule is CCCC(NOCC=CCl)=C1COC2(CCCCCC2)CC1=O. The summed E-state index contributed by atoms with van der Waals surface area (Å²) < 4.78 is 6.21. The maximum atomic E-state index is 12.7. The predicted molar refractivity (Wildman–Crippen MR) is 92.0 cm³/mol. The molecular weight excluding hydrogens is 314 g/mol. The van der Waals surface area contributed by atoms with Crippen molar-refractivity contribution in [3.63, 3.8) is 0 Å². The van der Waals surface area contributed by atoms with Crippen molar-refractivity contribution in [1.82, 2.24) is 5.48 Å². The lowest BCUT2D eigenvalue weighted by atomic mass is 9.84. The van der Waals surface area contributed by atoms with Gasteiger partial charge in [-0.2, -0.15) is 0 Å². The fourth-order valence-electron chi connectivity index (χ4n) is 3.43. The summed E-state index contributed by atoms with van der Waals surface area (Å²) in [6.45, 7) is 2.85. The first kappa shape index (κ1) is 18.5. The van der Waals surface area contributed by atoms with Gasteiger partial charge in [-0.3, -0.25) is 15.1 Å². The minimum absolute atomic E-state index is 0.212. The number of ether oxygens (including phenoxy) is 1. The molecule has 0 aromatic rings. The number of nitrogens with one attached hydrogen (secondary N) is 1. The van der Waals surface area contributed by atoms with Crippen molar-refractivity contribution in [2.45, 2.75) is 70.3 Å². The van der Waals surface area contributed by atoms with Gasteiger partial charge in [0.25, 0.3) is 0 Å². The van der Waals surface area contributed by atoms with E-state index in [9.17, 15) is 4.79 Å². The van der Waals surface area contributed by atoms with E-state index in [0.29, 0.717) is 19.6 Å². The fourth-order valence-corrected chi connectivity index (χ4v) is 3.51. The molecular formula is C18H28ClNO3. The zero-order valence-electron chi connectivity index (χ0n) is 14.0. The molecule has 2 rings (SSSR count). The number of hydrogen-bond acceptors (Lipinski definition) is 4. The van der Waals surface area contributed by atoms with Crippen molar-refractivity contribution in [3.8, 4) is 0 Å². The highest BCUT2D eigenvalue weighted by Crippen LogP contribution is 2.38. The van der Waals surface area contributed by atoms with E-state index in [-0.39, 0.29) is 11.4 Å². The second-order valence-electron chi connectivity index (χ2n) is 6.47. The van der Waals surface area contributed by atoms with E-state index in [1.807, 2.05) is 0 Å². The first-order chi connectivity index (χ1) is 11.2. The summed E-state index contributed by atoms with van der Waals surface area (Å²) in [4.78, 5) is 18.1. The average molecular weight is 342 g/mol. The van der Waals surface area contributed by atoms with Gasteiger partial charge in [0.05, 0.1) is 18.8 Å². The summed E-state index contributed by atoms with van der Waals surface area (Å²) in [5, 5.41) is 0. The topological polar surface area (TPSA) is 47.6 Å². The first-order valence-corrected chi connectivity index (χ1v) is 9.16. The molecule has 0 unspecified atom stereocenters. The average Bonchev–Trinajstić information content (AvgIpc) is 2.76. The molecule has 5 heteroatoms. The molecule has 1 saturated carbocycles. The molecule has 0 radical (unpaired) electrons. The summed E-state index contributed by atoms with van der Waals surface area (Å²) in [7, 11) is 0. The van der Waals surface area contributed by atoms with Gasteiger partial charge in [0.2, 0.25) is 0 Å². The second kappa shape index (κ2) is 9.45. The Kier molecular flexibility index (Phi) is 7.60. The third kappa shape index (κ3) is 5.33. The zero-order chi connectivity index (χ0) is 16.5. The number of hydroxylamine groups is 1. The van der Waals surface area contributed by atoms with Crippen LogP contribution >= 0.6 is 11.6 Å². The van der Waals surface area contributed by atoms with Crippen LogP contribution < -0.4 is 5.48 Å². The lowest BCUT2D eigenvalue weighted by molar-refractivity contribution is -0.133. The van der Waals surface area contributed by atoms with Crippen LogP contribution in [0.2, 0.25) is 0 Å². The Labute approximate surface area is 144 Å². The highest BCUT2D eigenvalue weighted by molar-refractivity contribution is 6.25. The maximum absolute atomic E-state index is 12.7. The van der Waals surface area contributed by atoms with E-state index in [2.05, 4.69) is 12.4 Å². The minimum Gasteiger partial charge on any atom is -0.370 e. The van der Waals surface area contributed by atoms with Crippen LogP contribution in [0.25, 0.3) is 0 Å². The molecule has 0 bridgehead atoms. The zero-order valence-corrected chi connectivity index (χ0v) is 14.8. The third-order valence-corrected chi connectivity index (χ3v) is 4.86. The number of allylic oxidation sites excluding steroid dienone is 1. The van der Waals surface area contributed by atoms with Crippen LogP contribution in [-0.4, -0.2) is 24.6 Å². The summed E-state index contributed by atoms with van der Waals surface area (Å²) >= 11 is 5.47. The van der Waals surface area contributed by atoms with Gasteiger partial charge in [0.1, 0.15) is 0 Å². The molecule has 1 N–H and O–H groups in total. The molecule has 2 aliphatic rings. The first-order valence-electron chi connectivity index (χ1n) is 8.73. The third-order valence-electron chi connectivity index (χ3n) is 4.69. The molecule has 23 heavy (non-hydrogen) atoms. The number of rotatable bonds is 6. The minimum atomic E-state index is -0.212. The number of hydrogen-bond donors (Lipinski definition) is 1. The Morgan fingerprint density at radius 1 is 1.35 bits per heavy atom. The smallest absolute Gasteiger partial charge is 0.165 e. The monoisotopic (exact) mass is 341 g/mol. The summed E-state index contributed by atoms with van der Waals surface area (Å²) in [6, 6.07) is 0. The van der Waals surface area contributed by atoms with E-state index >= 15 is 0 Å². The number of ketones is 1. The molecule has 1 aliphatic heterocycles. The number of Topliss-reactive ketones (excluding diaryl/α,β-unsaturated/α-hetero) is 1. The molecule has 0 aromatic heterocycles. The molecule has 1 spiro atoms. The molecule has 1 saturated heterocycles. The van der Waals surface area contributed by atoms with E-state index in [1.54, 1.807) is 6.08 Å². The molecule has 0 aromatic carbocycles. The van der Waals surface area contributed by atoms with Gasteiger partial charge in [-0.15, -0.1) is 0 Å². The van der Waals surface area contributed by atoms with Gasteiger partial charge >= 0.3 is 0 Å². The molecule has 1 aliphatic carbocycles. The van der Waals surface area contributed by atoms with Gasteiger partial charge < -0.3 is 4.74 Å². The van der Waals surface area contributed by atoms with Crippen LogP contribution in [0.5, 0.6) is 0 Å². The second-order valence-corrected chi connectivity index (χ2v) is 6.72. The summed E-state index contributed by atoms with van der Waals surface area (Å²) in [5.74, 6) is 0.214. The van der Waals surface area contributed by atoms with E-state index in [0.717, 1.165) is 37.0 Å². The van der Waals surface area contributed by atoms with E-state index in [1.165, 1.54) is 31.2 Å². The summed E-state index contributed by atoms with van der Waals surface area (Å²) in [6.07, 6.45) is 10.8. The van der Waals surface area contributed by atoms with Crippen molar-refractivity contribution >= 4 is 17.4 Å². The normalized spacial score (nSPS) is 24.0. The Bertz CT molecular complexity index is 451. The van der Waals surface area contributed by atoms with E-state index in [4.69, 9.17) is 21.2 Å². The lowest BCUT2D eigenvalue weighted by Crippen LogP contribution is -2.42. The Hall–Kier alpha value is -0.840. The van der Waals surface area contributed by atoms with Crippen LogP contribution in [-0.2, 0) is 14.4 Å².